The Morgan fingerprint density at radius 2 is 1.68 bits per heavy atom. The summed E-state index contributed by atoms with van der Waals surface area (Å²) in [4.78, 5) is 28.1. The summed E-state index contributed by atoms with van der Waals surface area (Å²) in [6.45, 7) is 4.86. The SMILES string of the molecule is C[C@@H]1CN(C(=O)c2cnn(-c3ccccc3)c2NC(=O)c2ccc(Br)cc2)C[C@H](C)O1. The Morgan fingerprint density at radius 3 is 2.32 bits per heavy atom. The number of aromatic nitrogens is 2. The number of amides is 2. The Hall–Kier alpha value is -2.97. The number of halogens is 1. The van der Waals surface area contributed by atoms with E-state index in [0.29, 0.717) is 30.0 Å². The largest absolute Gasteiger partial charge is 0.372 e. The van der Waals surface area contributed by atoms with Crippen molar-refractivity contribution in [2.45, 2.75) is 26.1 Å². The average Bonchev–Trinajstić information content (AvgIpc) is 3.17. The van der Waals surface area contributed by atoms with Crippen molar-refractivity contribution in [3.8, 4) is 5.69 Å². The summed E-state index contributed by atoms with van der Waals surface area (Å²) in [6, 6.07) is 16.4. The lowest BCUT2D eigenvalue weighted by Crippen LogP contribution is -2.48. The Balaban J connectivity index is 1.70. The van der Waals surface area contributed by atoms with Gasteiger partial charge in [0.15, 0.2) is 0 Å². The first-order valence-electron chi connectivity index (χ1n) is 10.1. The molecular weight excluding hydrogens is 460 g/mol. The zero-order chi connectivity index (χ0) is 22.0. The minimum absolute atomic E-state index is 0.0577. The third-order valence-electron chi connectivity index (χ3n) is 5.05. The monoisotopic (exact) mass is 482 g/mol. The van der Waals surface area contributed by atoms with Crippen LogP contribution in [0.2, 0.25) is 0 Å². The maximum Gasteiger partial charge on any atom is 0.259 e. The van der Waals surface area contributed by atoms with Crippen molar-refractivity contribution in [2.75, 3.05) is 18.4 Å². The Bertz CT molecular complexity index is 1070. The van der Waals surface area contributed by atoms with E-state index in [4.69, 9.17) is 4.74 Å². The lowest BCUT2D eigenvalue weighted by molar-refractivity contribution is -0.0585. The highest BCUT2D eigenvalue weighted by molar-refractivity contribution is 9.10. The number of benzene rings is 2. The molecule has 31 heavy (non-hydrogen) atoms. The summed E-state index contributed by atoms with van der Waals surface area (Å²) in [5.74, 6) is -0.158. The van der Waals surface area contributed by atoms with Crippen LogP contribution in [-0.4, -0.2) is 51.8 Å². The van der Waals surface area contributed by atoms with E-state index in [1.54, 1.807) is 33.8 Å². The van der Waals surface area contributed by atoms with E-state index in [2.05, 4.69) is 26.3 Å². The number of hydrogen-bond acceptors (Lipinski definition) is 4. The van der Waals surface area contributed by atoms with Crippen LogP contribution in [0.25, 0.3) is 5.69 Å². The second-order valence-electron chi connectivity index (χ2n) is 7.58. The molecule has 1 saturated heterocycles. The van der Waals surface area contributed by atoms with Gasteiger partial charge < -0.3 is 15.0 Å². The smallest absolute Gasteiger partial charge is 0.259 e. The number of nitrogens with one attached hydrogen (secondary N) is 1. The fourth-order valence-electron chi connectivity index (χ4n) is 3.69. The van der Waals surface area contributed by atoms with Gasteiger partial charge in [-0.25, -0.2) is 4.68 Å². The Labute approximate surface area is 189 Å². The number of ether oxygens (including phenoxy) is 1. The minimum atomic E-state index is -0.317. The third kappa shape index (κ3) is 4.70. The molecule has 3 aromatic rings. The van der Waals surface area contributed by atoms with Gasteiger partial charge in [-0.3, -0.25) is 9.59 Å². The summed E-state index contributed by atoms with van der Waals surface area (Å²) in [7, 11) is 0. The van der Waals surface area contributed by atoms with Crippen LogP contribution in [0, 0.1) is 0 Å². The first-order chi connectivity index (χ1) is 14.9. The van der Waals surface area contributed by atoms with Crippen molar-refractivity contribution in [3.63, 3.8) is 0 Å². The van der Waals surface area contributed by atoms with Gasteiger partial charge in [-0.15, -0.1) is 0 Å². The molecule has 2 atom stereocenters. The van der Waals surface area contributed by atoms with E-state index in [-0.39, 0.29) is 24.0 Å². The molecule has 1 aliphatic heterocycles. The van der Waals surface area contributed by atoms with Crippen molar-refractivity contribution in [2.24, 2.45) is 0 Å². The molecule has 0 bridgehead atoms. The lowest BCUT2D eigenvalue weighted by atomic mass is 10.1. The topological polar surface area (TPSA) is 76.5 Å². The molecule has 1 N–H and O–H groups in total. The molecule has 0 saturated carbocycles. The van der Waals surface area contributed by atoms with Crippen LogP contribution in [0.5, 0.6) is 0 Å². The molecule has 4 rings (SSSR count). The Morgan fingerprint density at radius 1 is 1.03 bits per heavy atom. The second kappa shape index (κ2) is 9.03. The van der Waals surface area contributed by atoms with E-state index < -0.39 is 0 Å². The summed E-state index contributed by atoms with van der Waals surface area (Å²) in [6.07, 6.45) is 1.40. The number of morpholine rings is 1. The van der Waals surface area contributed by atoms with E-state index >= 15 is 0 Å². The van der Waals surface area contributed by atoms with E-state index in [0.717, 1.165) is 10.2 Å². The van der Waals surface area contributed by atoms with Crippen molar-refractivity contribution in [3.05, 3.63) is 76.4 Å². The highest BCUT2D eigenvalue weighted by atomic mass is 79.9. The van der Waals surface area contributed by atoms with Crippen LogP contribution >= 0.6 is 15.9 Å². The van der Waals surface area contributed by atoms with Gasteiger partial charge in [0.1, 0.15) is 11.4 Å². The van der Waals surface area contributed by atoms with Crippen LogP contribution in [0.4, 0.5) is 5.82 Å². The molecule has 7 nitrogen and oxygen atoms in total. The van der Waals surface area contributed by atoms with Gasteiger partial charge in [0.25, 0.3) is 11.8 Å². The quantitative estimate of drug-likeness (QED) is 0.606. The van der Waals surface area contributed by atoms with Gasteiger partial charge >= 0.3 is 0 Å². The summed E-state index contributed by atoms with van der Waals surface area (Å²) in [5.41, 5.74) is 1.57. The summed E-state index contributed by atoms with van der Waals surface area (Å²) < 4.78 is 8.21. The first-order valence-corrected chi connectivity index (χ1v) is 10.9. The predicted molar refractivity (Wildman–Crippen MR) is 122 cm³/mol. The number of carbonyl (C=O) groups is 2. The molecule has 160 valence electrons. The zero-order valence-electron chi connectivity index (χ0n) is 17.3. The fraction of sp³-hybridized carbons (Fsp3) is 0.261. The van der Waals surface area contributed by atoms with Gasteiger partial charge in [-0.1, -0.05) is 34.1 Å². The normalized spacial score (nSPS) is 18.6. The molecule has 2 aromatic carbocycles. The molecule has 2 amide bonds. The molecule has 1 aromatic heterocycles. The van der Waals surface area contributed by atoms with Crippen LogP contribution < -0.4 is 5.32 Å². The predicted octanol–water partition coefficient (Wildman–Crippen LogP) is 4.14. The Kier molecular flexibility index (Phi) is 6.20. The standard InChI is InChI=1S/C23H23BrN4O3/c1-15-13-27(14-16(2)31-15)23(30)20-12-25-28(19-6-4-3-5-7-19)21(20)26-22(29)17-8-10-18(24)11-9-17/h3-12,15-16H,13-14H2,1-2H3,(H,26,29)/t15-,16+. The summed E-state index contributed by atoms with van der Waals surface area (Å²) >= 11 is 3.38. The van der Waals surface area contributed by atoms with E-state index in [1.165, 1.54) is 6.20 Å². The highest BCUT2D eigenvalue weighted by Crippen LogP contribution is 2.24. The number of hydrogen-bond donors (Lipinski definition) is 1. The van der Waals surface area contributed by atoms with Crippen molar-refractivity contribution in [1.82, 2.24) is 14.7 Å². The van der Waals surface area contributed by atoms with Crippen molar-refractivity contribution < 1.29 is 14.3 Å². The van der Waals surface area contributed by atoms with Gasteiger partial charge in [0.05, 0.1) is 24.1 Å². The highest BCUT2D eigenvalue weighted by Gasteiger charge is 2.30. The number of para-hydroxylation sites is 1. The van der Waals surface area contributed by atoms with E-state index in [1.807, 2.05) is 44.2 Å². The molecule has 2 heterocycles. The number of carbonyl (C=O) groups excluding carboxylic acids is 2. The number of rotatable bonds is 4. The van der Waals surface area contributed by atoms with Crippen molar-refractivity contribution >= 4 is 33.6 Å². The van der Waals surface area contributed by atoms with Gasteiger partial charge in [-0.05, 0) is 50.2 Å². The van der Waals surface area contributed by atoms with Crippen LogP contribution in [-0.2, 0) is 4.74 Å². The molecule has 0 radical (unpaired) electrons. The fourth-order valence-corrected chi connectivity index (χ4v) is 3.95. The molecular formula is C23H23BrN4O3. The van der Waals surface area contributed by atoms with Gasteiger partial charge in [0, 0.05) is 23.1 Å². The lowest BCUT2D eigenvalue weighted by Gasteiger charge is -2.35. The van der Waals surface area contributed by atoms with Crippen molar-refractivity contribution in [1.29, 1.82) is 0 Å². The first kappa shape index (κ1) is 21.3. The molecule has 0 unspecified atom stereocenters. The summed E-state index contributed by atoms with van der Waals surface area (Å²) in [5, 5.41) is 7.32. The zero-order valence-corrected chi connectivity index (χ0v) is 18.9. The van der Waals surface area contributed by atoms with Gasteiger partial charge in [-0.2, -0.15) is 5.10 Å². The number of nitrogens with zero attached hydrogens (tertiary/aromatic N) is 3. The molecule has 8 heteroatoms. The molecule has 0 spiro atoms. The second-order valence-corrected chi connectivity index (χ2v) is 8.50. The van der Waals surface area contributed by atoms with Crippen LogP contribution in [0.3, 0.4) is 0 Å². The average molecular weight is 483 g/mol. The third-order valence-corrected chi connectivity index (χ3v) is 5.57. The molecule has 1 aliphatic rings. The number of anilines is 1. The minimum Gasteiger partial charge on any atom is -0.372 e. The van der Waals surface area contributed by atoms with E-state index in [9.17, 15) is 9.59 Å². The van der Waals surface area contributed by atoms with Crippen LogP contribution in [0.1, 0.15) is 34.6 Å². The van der Waals surface area contributed by atoms with Gasteiger partial charge in [0.2, 0.25) is 0 Å². The molecule has 1 fully saturated rings. The molecule has 0 aliphatic carbocycles. The maximum absolute atomic E-state index is 13.4. The van der Waals surface area contributed by atoms with Crippen LogP contribution in [0.15, 0.2) is 65.3 Å². The maximum atomic E-state index is 13.4.